The summed E-state index contributed by atoms with van der Waals surface area (Å²) in [6.07, 6.45) is 4.54. The molecule has 0 bridgehead atoms. The third-order valence-corrected chi connectivity index (χ3v) is 3.77. The molecule has 1 N–H and O–H groups in total. The van der Waals surface area contributed by atoms with Crippen molar-refractivity contribution >= 4 is 42.2 Å². The van der Waals surface area contributed by atoms with Crippen LogP contribution < -0.4 is 15.0 Å². The molecule has 1 aromatic carbocycles. The molecule has 0 atom stereocenters. The molecule has 0 radical (unpaired) electrons. The minimum atomic E-state index is 0. The van der Waals surface area contributed by atoms with Crippen molar-refractivity contribution in [2.45, 2.75) is 13.0 Å². The maximum absolute atomic E-state index is 5.97. The van der Waals surface area contributed by atoms with E-state index in [1.807, 2.05) is 24.3 Å². The highest BCUT2D eigenvalue weighted by atomic mass is 35.5. The van der Waals surface area contributed by atoms with E-state index >= 15 is 0 Å². The first-order valence-electron chi connectivity index (χ1n) is 7.46. The smallest absolute Gasteiger partial charge is 0.234 e. The zero-order chi connectivity index (χ0) is 15.2. The van der Waals surface area contributed by atoms with Crippen molar-refractivity contribution in [1.82, 2.24) is 15.3 Å². The number of halogens is 3. The molecule has 1 aliphatic rings. The molecule has 132 valence electrons. The third-order valence-electron chi connectivity index (χ3n) is 3.54. The fourth-order valence-corrected chi connectivity index (χ4v) is 2.63. The zero-order valence-corrected chi connectivity index (χ0v) is 15.5. The average molecular weight is 392 g/mol. The lowest BCUT2D eigenvalue weighted by atomic mass is 10.2. The minimum absolute atomic E-state index is 0. The Labute approximate surface area is 159 Å². The van der Waals surface area contributed by atoms with E-state index in [2.05, 4.69) is 20.2 Å². The molecule has 0 amide bonds. The summed E-state index contributed by atoms with van der Waals surface area (Å²) >= 11 is 5.97. The highest BCUT2D eigenvalue weighted by molar-refractivity contribution is 6.30. The van der Waals surface area contributed by atoms with E-state index in [0.717, 1.165) is 44.0 Å². The number of rotatable bonds is 4. The lowest BCUT2D eigenvalue weighted by Crippen LogP contribution is -2.28. The van der Waals surface area contributed by atoms with Gasteiger partial charge in [-0.05, 0) is 30.7 Å². The lowest BCUT2D eigenvalue weighted by molar-refractivity contribution is 0.292. The molecule has 24 heavy (non-hydrogen) atoms. The summed E-state index contributed by atoms with van der Waals surface area (Å²) in [6, 6.07) is 7.62. The zero-order valence-electron chi connectivity index (χ0n) is 13.2. The van der Waals surface area contributed by atoms with E-state index < -0.39 is 0 Å². The fourth-order valence-electron chi connectivity index (χ4n) is 2.42. The monoisotopic (exact) mass is 390 g/mol. The lowest BCUT2D eigenvalue weighted by Gasteiger charge is -2.20. The molecule has 1 aliphatic heterocycles. The van der Waals surface area contributed by atoms with Crippen LogP contribution in [0, 0.1) is 0 Å². The van der Waals surface area contributed by atoms with Gasteiger partial charge < -0.3 is 15.0 Å². The maximum atomic E-state index is 5.97. The van der Waals surface area contributed by atoms with Crippen LogP contribution in [0.1, 0.15) is 12.0 Å². The first-order chi connectivity index (χ1) is 10.8. The van der Waals surface area contributed by atoms with Crippen LogP contribution in [0.15, 0.2) is 36.7 Å². The summed E-state index contributed by atoms with van der Waals surface area (Å²) in [5, 5.41) is 4.09. The second kappa shape index (κ2) is 10.6. The van der Waals surface area contributed by atoms with Gasteiger partial charge in [0.15, 0.2) is 5.82 Å². The van der Waals surface area contributed by atoms with Gasteiger partial charge in [0.2, 0.25) is 5.88 Å². The van der Waals surface area contributed by atoms with E-state index in [0.29, 0.717) is 17.5 Å². The van der Waals surface area contributed by atoms with Crippen molar-refractivity contribution in [3.8, 4) is 5.88 Å². The number of nitrogens with zero attached hydrogens (tertiary/aromatic N) is 3. The Bertz CT molecular complexity index is 622. The summed E-state index contributed by atoms with van der Waals surface area (Å²) in [7, 11) is 0. The number of hydrogen-bond acceptors (Lipinski definition) is 5. The molecule has 1 saturated heterocycles. The van der Waals surface area contributed by atoms with Gasteiger partial charge in [-0.15, -0.1) is 24.8 Å². The van der Waals surface area contributed by atoms with E-state index in [1.165, 1.54) is 0 Å². The Hall–Kier alpha value is -1.27. The normalized spacial score (nSPS) is 14.1. The summed E-state index contributed by atoms with van der Waals surface area (Å²) in [5.74, 6) is 1.40. The van der Waals surface area contributed by atoms with Crippen LogP contribution in [0.25, 0.3) is 0 Å². The van der Waals surface area contributed by atoms with Crippen LogP contribution >= 0.6 is 36.4 Å². The van der Waals surface area contributed by atoms with Gasteiger partial charge in [-0.3, -0.25) is 4.98 Å². The van der Waals surface area contributed by atoms with Crippen LogP contribution in [0.2, 0.25) is 5.02 Å². The SMILES string of the molecule is Cl.Cl.Clc1cccc(COc2cncc(N3CCCNCC3)n2)c1. The molecule has 2 aromatic rings. The van der Waals surface area contributed by atoms with Crippen molar-refractivity contribution in [1.29, 1.82) is 0 Å². The molecule has 0 aliphatic carbocycles. The number of anilines is 1. The summed E-state index contributed by atoms with van der Waals surface area (Å²) in [6.45, 7) is 4.37. The molecule has 8 heteroatoms. The van der Waals surface area contributed by atoms with Gasteiger partial charge >= 0.3 is 0 Å². The highest BCUT2D eigenvalue weighted by Crippen LogP contribution is 2.17. The van der Waals surface area contributed by atoms with Crippen LogP contribution in [-0.4, -0.2) is 36.1 Å². The molecule has 5 nitrogen and oxygen atoms in total. The van der Waals surface area contributed by atoms with Crippen LogP contribution in [-0.2, 0) is 6.61 Å². The van der Waals surface area contributed by atoms with E-state index in [1.54, 1.807) is 12.4 Å². The quantitative estimate of drug-likeness (QED) is 0.866. The number of nitrogens with one attached hydrogen (secondary N) is 1. The van der Waals surface area contributed by atoms with Crippen molar-refractivity contribution in [2.24, 2.45) is 0 Å². The molecule has 0 saturated carbocycles. The Balaban J connectivity index is 0.00000144. The van der Waals surface area contributed by atoms with Gasteiger partial charge in [0.05, 0.1) is 12.4 Å². The average Bonchev–Trinajstić information content (AvgIpc) is 2.83. The molecular formula is C16H21Cl3N4O. The number of ether oxygens (including phenoxy) is 1. The standard InChI is InChI=1S/C16H19ClN4O.2ClH/c17-14-4-1-3-13(9-14)12-22-16-11-19-10-15(20-16)21-7-2-5-18-6-8-21;;/h1,3-4,9-11,18H,2,5-8,12H2;2*1H. The first kappa shape index (κ1) is 20.8. The molecule has 2 heterocycles. The highest BCUT2D eigenvalue weighted by Gasteiger charge is 2.12. The minimum Gasteiger partial charge on any atom is -0.472 e. The molecule has 0 unspecified atom stereocenters. The molecule has 3 rings (SSSR count). The van der Waals surface area contributed by atoms with Crippen molar-refractivity contribution in [3.63, 3.8) is 0 Å². The fraction of sp³-hybridized carbons (Fsp3) is 0.375. The second-order valence-electron chi connectivity index (χ2n) is 5.22. The first-order valence-corrected chi connectivity index (χ1v) is 7.84. The molecular weight excluding hydrogens is 371 g/mol. The number of benzene rings is 1. The van der Waals surface area contributed by atoms with E-state index in [9.17, 15) is 0 Å². The number of aromatic nitrogens is 2. The second-order valence-corrected chi connectivity index (χ2v) is 5.66. The van der Waals surface area contributed by atoms with Crippen LogP contribution in [0.5, 0.6) is 5.88 Å². The predicted molar refractivity (Wildman–Crippen MR) is 102 cm³/mol. The third kappa shape index (κ3) is 5.98. The van der Waals surface area contributed by atoms with Gasteiger partial charge in [-0.2, -0.15) is 4.98 Å². The Morgan fingerprint density at radius 1 is 1.17 bits per heavy atom. The van der Waals surface area contributed by atoms with Gasteiger partial charge in [0, 0.05) is 24.7 Å². The molecule has 0 spiro atoms. The summed E-state index contributed by atoms with van der Waals surface area (Å²) in [5.41, 5.74) is 1.01. The topological polar surface area (TPSA) is 50.3 Å². The van der Waals surface area contributed by atoms with Crippen molar-refractivity contribution < 1.29 is 4.74 Å². The maximum Gasteiger partial charge on any atom is 0.234 e. The molecule has 1 fully saturated rings. The van der Waals surface area contributed by atoms with Crippen molar-refractivity contribution in [2.75, 3.05) is 31.1 Å². The van der Waals surface area contributed by atoms with Crippen molar-refractivity contribution in [3.05, 3.63) is 47.2 Å². The van der Waals surface area contributed by atoms with Gasteiger partial charge in [-0.25, -0.2) is 0 Å². The largest absolute Gasteiger partial charge is 0.472 e. The van der Waals surface area contributed by atoms with Gasteiger partial charge in [0.1, 0.15) is 6.61 Å². The summed E-state index contributed by atoms with van der Waals surface area (Å²) in [4.78, 5) is 11.0. The van der Waals surface area contributed by atoms with E-state index in [-0.39, 0.29) is 24.8 Å². The number of hydrogen-bond donors (Lipinski definition) is 1. The molecule has 1 aromatic heterocycles. The summed E-state index contributed by atoms with van der Waals surface area (Å²) < 4.78 is 5.74. The Morgan fingerprint density at radius 2 is 2.04 bits per heavy atom. The van der Waals surface area contributed by atoms with Gasteiger partial charge in [-0.1, -0.05) is 23.7 Å². The Kier molecular flexibility index (Phi) is 9.14. The Morgan fingerprint density at radius 3 is 2.88 bits per heavy atom. The van der Waals surface area contributed by atoms with Crippen LogP contribution in [0.3, 0.4) is 0 Å². The predicted octanol–water partition coefficient (Wildman–Crippen LogP) is 3.35. The van der Waals surface area contributed by atoms with Crippen LogP contribution in [0.4, 0.5) is 5.82 Å². The van der Waals surface area contributed by atoms with Gasteiger partial charge in [0.25, 0.3) is 0 Å². The van der Waals surface area contributed by atoms with E-state index in [4.69, 9.17) is 16.3 Å².